The van der Waals surface area contributed by atoms with E-state index in [0.29, 0.717) is 10.7 Å². The Morgan fingerprint density at radius 2 is 2.19 bits per heavy atom. The van der Waals surface area contributed by atoms with E-state index in [1.54, 1.807) is 6.20 Å². The number of hydrogen-bond donors (Lipinski definition) is 2. The Hall–Kier alpha value is 0.520. The van der Waals surface area contributed by atoms with Gasteiger partial charge in [-0.3, -0.25) is 0 Å². The van der Waals surface area contributed by atoms with Crippen LogP contribution in [-0.2, 0) is 6.42 Å². The van der Waals surface area contributed by atoms with E-state index in [1.807, 2.05) is 6.07 Å². The zero-order chi connectivity index (χ0) is 12.6. The van der Waals surface area contributed by atoms with E-state index in [1.165, 1.54) is 0 Å². The molecule has 1 rings (SSSR count). The van der Waals surface area contributed by atoms with Crippen LogP contribution >= 0.6 is 59.6 Å². The van der Waals surface area contributed by atoms with Gasteiger partial charge in [-0.15, -0.1) is 34.8 Å². The van der Waals surface area contributed by atoms with Gasteiger partial charge in [0, 0.05) is 17.8 Å². The van der Waals surface area contributed by atoms with E-state index in [9.17, 15) is 0 Å². The molecule has 1 N–H and O–H groups in total. The molecule has 1 aromatic rings. The van der Waals surface area contributed by atoms with Crippen molar-refractivity contribution in [1.82, 2.24) is 9.97 Å². The summed E-state index contributed by atoms with van der Waals surface area (Å²) in [5, 5.41) is -0.230. The van der Waals surface area contributed by atoms with E-state index in [2.05, 4.69) is 29.5 Å². The van der Waals surface area contributed by atoms with Crippen molar-refractivity contribution in [2.75, 3.05) is 5.88 Å². The van der Waals surface area contributed by atoms with Gasteiger partial charge >= 0.3 is 0 Å². The fourth-order valence-corrected chi connectivity index (χ4v) is 1.47. The Morgan fingerprint density at radius 3 is 2.44 bits per heavy atom. The second kappa shape index (κ2) is 9.54. The van der Waals surface area contributed by atoms with Crippen LogP contribution in [0.15, 0.2) is 12.3 Å². The molecule has 2 unspecified atom stereocenters. The smallest absolute Gasteiger partial charge is 0.196 e. The molecule has 0 amide bonds. The summed E-state index contributed by atoms with van der Waals surface area (Å²) in [4.78, 5) is 6.81. The summed E-state index contributed by atoms with van der Waals surface area (Å²) in [5.41, 5.74) is 1.13. The number of halogens is 3. The zero-order valence-electron chi connectivity index (χ0n) is 8.66. The maximum atomic E-state index is 5.46. The van der Waals surface area contributed by atoms with Crippen molar-refractivity contribution in [1.29, 1.82) is 0 Å². The lowest BCUT2D eigenvalue weighted by atomic mass is 10.3. The quantitative estimate of drug-likeness (QED) is 0.500. The zero-order valence-corrected chi connectivity index (χ0v) is 12.6. The van der Waals surface area contributed by atoms with Gasteiger partial charge in [-0.1, -0.05) is 6.92 Å². The van der Waals surface area contributed by atoms with Crippen LogP contribution in [0.4, 0.5) is 0 Å². The molecule has 0 spiro atoms. The van der Waals surface area contributed by atoms with Gasteiger partial charge in [-0.05, 0) is 24.7 Å². The third-order valence-electron chi connectivity index (χ3n) is 1.56. The topological polar surface area (TPSA) is 28.7 Å². The highest BCUT2D eigenvalue weighted by Gasteiger charge is 2.08. The predicted octanol–water partition coefficient (Wildman–Crippen LogP) is 4.03. The van der Waals surface area contributed by atoms with Crippen molar-refractivity contribution in [2.45, 2.75) is 23.4 Å². The summed E-state index contributed by atoms with van der Waals surface area (Å²) in [6.07, 6.45) is 2.70. The Kier molecular flexibility index (Phi) is 9.85. The first kappa shape index (κ1) is 16.5. The molecule has 1 heterocycles. The Bertz CT molecular complexity index is 344. The summed E-state index contributed by atoms with van der Waals surface area (Å²) in [6, 6.07) is 1.93. The lowest BCUT2D eigenvalue weighted by molar-refractivity contribution is 0.984. The highest BCUT2D eigenvalue weighted by molar-refractivity contribution is 7.82. The molecule has 0 fully saturated rings. The summed E-state index contributed by atoms with van der Waals surface area (Å²) in [7, 11) is 0. The van der Waals surface area contributed by atoms with Gasteiger partial charge < -0.3 is 4.98 Å². The average Bonchev–Trinajstić information content (AvgIpc) is 2.28. The second-order valence-electron chi connectivity index (χ2n) is 2.80. The monoisotopic (exact) mass is 318 g/mol. The van der Waals surface area contributed by atoms with E-state index in [-0.39, 0.29) is 10.1 Å². The van der Waals surface area contributed by atoms with Crippen molar-refractivity contribution in [3.05, 3.63) is 22.7 Å². The normalized spacial score (nSPS) is 13.6. The Balaban J connectivity index is 0.000000293. The predicted molar refractivity (Wildman–Crippen MR) is 77.8 cm³/mol. The maximum absolute atomic E-state index is 5.46. The molecule has 0 saturated heterocycles. The first-order valence-electron chi connectivity index (χ1n) is 4.57. The third kappa shape index (κ3) is 7.74. The summed E-state index contributed by atoms with van der Waals surface area (Å²) in [5.74, 6) is 0.346. The number of nitrogens with one attached hydrogen (secondary N) is 1. The molecule has 2 nitrogen and oxygen atoms in total. The number of alkyl halides is 3. The highest BCUT2D eigenvalue weighted by Crippen LogP contribution is 2.13. The lowest BCUT2D eigenvalue weighted by Crippen LogP contribution is -2.09. The molecule has 0 aromatic carbocycles. The van der Waals surface area contributed by atoms with Crippen LogP contribution in [0, 0.1) is 4.77 Å². The Morgan fingerprint density at radius 1 is 1.56 bits per heavy atom. The number of aromatic nitrogens is 2. The molecule has 1 aromatic heterocycles. The van der Waals surface area contributed by atoms with Crippen molar-refractivity contribution in [2.24, 2.45) is 0 Å². The molecule has 92 valence electrons. The van der Waals surface area contributed by atoms with Gasteiger partial charge in [-0.2, -0.15) is 12.6 Å². The van der Waals surface area contributed by atoms with Crippen LogP contribution in [0.2, 0.25) is 0 Å². The van der Waals surface area contributed by atoms with Crippen LogP contribution in [0.1, 0.15) is 12.6 Å². The average molecular weight is 320 g/mol. The number of aryl methyl sites for hydroxylation is 1. The minimum absolute atomic E-state index is 0.230. The third-order valence-corrected chi connectivity index (χ3v) is 3.63. The standard InChI is InChI=1S/C6H8N2S.C3H5Cl3S/c1-2-5-3-4-7-6(9)8-5;4-1-2(5)3(6)7/h3-4H,2H2,1H3,(H,7,8,9);2-3,7H,1H2. The van der Waals surface area contributed by atoms with E-state index in [4.69, 9.17) is 47.0 Å². The number of nitrogens with zero attached hydrogens (tertiary/aromatic N) is 1. The van der Waals surface area contributed by atoms with E-state index < -0.39 is 0 Å². The van der Waals surface area contributed by atoms with Gasteiger partial charge in [0.05, 0.1) is 10.1 Å². The van der Waals surface area contributed by atoms with Gasteiger partial charge in [0.15, 0.2) is 4.77 Å². The first-order valence-corrected chi connectivity index (χ1v) is 6.90. The molecule has 2 atom stereocenters. The van der Waals surface area contributed by atoms with Crippen molar-refractivity contribution in [3.63, 3.8) is 0 Å². The van der Waals surface area contributed by atoms with Crippen molar-refractivity contribution >= 4 is 59.6 Å². The van der Waals surface area contributed by atoms with Crippen LogP contribution in [0.5, 0.6) is 0 Å². The largest absolute Gasteiger partial charge is 0.335 e. The summed E-state index contributed by atoms with van der Waals surface area (Å²) < 4.78 is 0.230. The molecular weight excluding hydrogens is 307 g/mol. The number of hydrogen-bond acceptors (Lipinski definition) is 3. The Labute approximate surface area is 121 Å². The summed E-state index contributed by atoms with van der Waals surface area (Å²) in [6.45, 7) is 2.07. The van der Waals surface area contributed by atoms with Gasteiger partial charge in [-0.25, -0.2) is 4.98 Å². The van der Waals surface area contributed by atoms with Crippen LogP contribution in [0.25, 0.3) is 0 Å². The first-order chi connectivity index (χ1) is 7.51. The van der Waals surface area contributed by atoms with Crippen LogP contribution < -0.4 is 0 Å². The van der Waals surface area contributed by atoms with Crippen LogP contribution in [0.3, 0.4) is 0 Å². The SMILES string of the molecule is CCc1ccnc(=S)[nH]1.SC(Cl)C(Cl)CCl. The summed E-state index contributed by atoms with van der Waals surface area (Å²) >= 11 is 24.7. The maximum Gasteiger partial charge on any atom is 0.196 e. The molecule has 16 heavy (non-hydrogen) atoms. The molecule has 0 radical (unpaired) electrons. The molecule has 7 heteroatoms. The minimum atomic E-state index is -0.334. The van der Waals surface area contributed by atoms with Gasteiger partial charge in [0.2, 0.25) is 0 Å². The molecular formula is C9H13Cl3N2S2. The molecule has 0 aliphatic carbocycles. The number of thiol groups is 1. The lowest BCUT2D eigenvalue weighted by Gasteiger charge is -2.03. The fraction of sp³-hybridized carbons (Fsp3) is 0.556. The van der Waals surface area contributed by atoms with Gasteiger partial charge in [0.25, 0.3) is 0 Å². The highest BCUT2D eigenvalue weighted by atomic mass is 35.5. The van der Waals surface area contributed by atoms with E-state index >= 15 is 0 Å². The fourth-order valence-electron chi connectivity index (χ4n) is 0.686. The van der Waals surface area contributed by atoms with Crippen molar-refractivity contribution in [3.8, 4) is 0 Å². The second-order valence-corrected chi connectivity index (χ2v) is 5.38. The van der Waals surface area contributed by atoms with Crippen molar-refractivity contribution < 1.29 is 0 Å². The van der Waals surface area contributed by atoms with Crippen LogP contribution in [-0.4, -0.2) is 25.9 Å². The van der Waals surface area contributed by atoms with E-state index in [0.717, 1.165) is 12.1 Å². The number of H-pyrrole nitrogens is 1. The number of aromatic amines is 1. The molecule has 0 aliphatic rings. The molecule has 0 saturated carbocycles. The molecule has 0 bridgehead atoms. The number of rotatable bonds is 3. The minimum Gasteiger partial charge on any atom is -0.335 e. The molecule has 0 aliphatic heterocycles. The van der Waals surface area contributed by atoms with Gasteiger partial charge in [0.1, 0.15) is 0 Å².